The molecule has 0 aliphatic heterocycles. The van der Waals surface area contributed by atoms with E-state index >= 15 is 0 Å². The van der Waals surface area contributed by atoms with Crippen LogP contribution in [0.5, 0.6) is 0 Å². The topological polar surface area (TPSA) is 48.2 Å². The highest BCUT2D eigenvalue weighted by molar-refractivity contribution is 7.94. The first-order valence-electron chi connectivity index (χ1n) is 4.69. The van der Waals surface area contributed by atoms with Crippen LogP contribution in [-0.4, -0.2) is 10.1 Å². The van der Waals surface area contributed by atoms with Crippen LogP contribution in [0.2, 0.25) is 10.0 Å². The third-order valence-electron chi connectivity index (χ3n) is 1.82. The first-order valence-corrected chi connectivity index (χ1v) is 6.19. The van der Waals surface area contributed by atoms with E-state index in [4.69, 9.17) is 31.9 Å². The van der Waals surface area contributed by atoms with Crippen molar-refractivity contribution in [2.75, 3.05) is 0 Å². The van der Waals surface area contributed by atoms with Gasteiger partial charge in [0.25, 0.3) is 0 Å². The van der Waals surface area contributed by atoms with Crippen LogP contribution < -0.4 is 0 Å². The average Bonchev–Trinajstić information content (AvgIpc) is 2.69. The Bertz CT molecular complexity index is 499. The summed E-state index contributed by atoms with van der Waals surface area (Å²) in [6, 6.07) is 5.27. The van der Waals surface area contributed by atoms with Gasteiger partial charge >= 0.3 is 0 Å². The Hall–Kier alpha value is -0.750. The van der Waals surface area contributed by atoms with E-state index in [1.807, 2.05) is 0 Å². The van der Waals surface area contributed by atoms with Crippen LogP contribution in [0, 0.1) is 6.92 Å². The minimum atomic E-state index is 0.226. The van der Waals surface area contributed by atoms with Crippen LogP contribution in [0.1, 0.15) is 11.7 Å². The van der Waals surface area contributed by atoms with Crippen molar-refractivity contribution in [3.8, 4) is 0 Å². The molecule has 0 fully saturated rings. The first-order chi connectivity index (χ1) is 8.16. The predicted octanol–water partition coefficient (Wildman–Crippen LogP) is 3.91. The van der Waals surface area contributed by atoms with Gasteiger partial charge in [0.2, 0.25) is 5.89 Å². The fraction of sp³-hybridized carbons (Fsp3) is 0.200. The molecule has 0 saturated heterocycles. The Morgan fingerprint density at radius 1 is 1.35 bits per heavy atom. The molecule has 0 atom stereocenters. The first kappa shape index (κ1) is 12.7. The summed E-state index contributed by atoms with van der Waals surface area (Å²) in [6.45, 7) is 1.94. The Morgan fingerprint density at radius 2 is 2.06 bits per heavy atom. The molecule has 0 unspecified atom stereocenters. The van der Waals surface area contributed by atoms with Crippen molar-refractivity contribution in [2.45, 2.75) is 18.4 Å². The summed E-state index contributed by atoms with van der Waals surface area (Å²) in [5, 5.41) is 4.80. The molecule has 90 valence electrons. The lowest BCUT2D eigenvalue weighted by atomic mass is 10.4. The second-order valence-corrected chi connectivity index (χ2v) is 4.75. The van der Waals surface area contributed by atoms with Crippen molar-refractivity contribution in [3.05, 3.63) is 40.0 Å². The molecule has 0 amide bonds. The molecule has 1 heterocycles. The molecule has 0 aliphatic rings. The number of hydrogen-bond acceptors (Lipinski definition) is 5. The average molecular weight is 291 g/mol. The van der Waals surface area contributed by atoms with E-state index in [0.717, 1.165) is 12.0 Å². The van der Waals surface area contributed by atoms with Crippen molar-refractivity contribution in [2.24, 2.45) is 0 Å². The van der Waals surface area contributed by atoms with Gasteiger partial charge in [0, 0.05) is 19.0 Å². The van der Waals surface area contributed by atoms with E-state index in [-0.39, 0.29) is 6.61 Å². The predicted molar refractivity (Wildman–Crippen MR) is 66.1 cm³/mol. The van der Waals surface area contributed by atoms with Crippen LogP contribution in [0.3, 0.4) is 0 Å². The summed E-state index contributed by atoms with van der Waals surface area (Å²) in [7, 11) is 0. The highest BCUT2D eigenvalue weighted by atomic mass is 35.5. The minimum absolute atomic E-state index is 0.226. The summed E-state index contributed by atoms with van der Waals surface area (Å²) in [6.07, 6.45) is 0. The van der Waals surface area contributed by atoms with E-state index in [1.165, 1.54) is 0 Å². The van der Waals surface area contributed by atoms with E-state index in [1.54, 1.807) is 25.1 Å². The van der Waals surface area contributed by atoms with Gasteiger partial charge in [0.15, 0.2) is 5.82 Å². The molecule has 4 nitrogen and oxygen atoms in total. The lowest BCUT2D eigenvalue weighted by Crippen LogP contribution is -1.89. The van der Waals surface area contributed by atoms with Gasteiger partial charge in [-0.05, 0) is 12.1 Å². The molecule has 7 heteroatoms. The molecule has 0 spiro atoms. The minimum Gasteiger partial charge on any atom is -0.340 e. The maximum absolute atomic E-state index is 5.98. The smallest absolute Gasteiger partial charge is 0.223 e. The van der Waals surface area contributed by atoms with Crippen LogP contribution in [-0.2, 0) is 10.8 Å². The van der Waals surface area contributed by atoms with Gasteiger partial charge in [-0.15, -0.1) is 0 Å². The van der Waals surface area contributed by atoms with Crippen LogP contribution in [0.4, 0.5) is 0 Å². The Kier molecular flexibility index (Phi) is 4.28. The van der Waals surface area contributed by atoms with Gasteiger partial charge in [0.1, 0.15) is 6.61 Å². The monoisotopic (exact) mass is 290 g/mol. The van der Waals surface area contributed by atoms with Crippen LogP contribution >= 0.6 is 35.2 Å². The van der Waals surface area contributed by atoms with E-state index in [0.29, 0.717) is 26.7 Å². The molecule has 2 rings (SSSR count). The molecule has 0 radical (unpaired) electrons. The number of benzene rings is 1. The van der Waals surface area contributed by atoms with E-state index in [9.17, 15) is 0 Å². The standard InChI is InChI=1S/C10H8Cl2N2O2S/c1-6-13-9(14-16-6)5-15-17-10-7(11)3-2-4-8(10)12/h2-4H,5H2,1H3. The fourth-order valence-corrected chi connectivity index (χ4v) is 2.27. The SMILES string of the molecule is Cc1nc(COSc2c(Cl)cccc2Cl)no1. The third kappa shape index (κ3) is 3.35. The van der Waals surface area contributed by atoms with Crippen molar-refractivity contribution < 1.29 is 8.71 Å². The molecule has 1 aromatic carbocycles. The molecule has 0 saturated carbocycles. The molecular weight excluding hydrogens is 283 g/mol. The zero-order valence-corrected chi connectivity index (χ0v) is 11.1. The number of rotatable bonds is 4. The van der Waals surface area contributed by atoms with E-state index < -0.39 is 0 Å². The summed E-state index contributed by atoms with van der Waals surface area (Å²) < 4.78 is 10.2. The number of halogens is 2. The molecule has 17 heavy (non-hydrogen) atoms. The zero-order chi connectivity index (χ0) is 12.3. The highest BCUT2D eigenvalue weighted by Crippen LogP contribution is 2.34. The number of hydrogen-bond donors (Lipinski definition) is 0. The molecule has 2 aromatic rings. The second kappa shape index (κ2) is 5.73. The van der Waals surface area contributed by atoms with E-state index in [2.05, 4.69) is 10.1 Å². The fourth-order valence-electron chi connectivity index (χ4n) is 1.10. The van der Waals surface area contributed by atoms with Crippen molar-refractivity contribution in [3.63, 3.8) is 0 Å². The lowest BCUT2D eigenvalue weighted by Gasteiger charge is -2.04. The van der Waals surface area contributed by atoms with Crippen LogP contribution in [0.15, 0.2) is 27.6 Å². The maximum atomic E-state index is 5.98. The number of nitrogens with zero attached hydrogens (tertiary/aromatic N) is 2. The summed E-state index contributed by atoms with van der Waals surface area (Å²) >= 11 is 13.1. The summed E-state index contributed by atoms with van der Waals surface area (Å²) in [4.78, 5) is 4.68. The normalized spacial score (nSPS) is 10.8. The Morgan fingerprint density at radius 3 is 2.65 bits per heavy atom. The van der Waals surface area contributed by atoms with Gasteiger partial charge in [-0.3, -0.25) is 0 Å². The largest absolute Gasteiger partial charge is 0.340 e. The lowest BCUT2D eigenvalue weighted by molar-refractivity contribution is 0.329. The second-order valence-electron chi connectivity index (χ2n) is 3.13. The maximum Gasteiger partial charge on any atom is 0.223 e. The Labute approximate surface area is 112 Å². The quantitative estimate of drug-likeness (QED) is 0.799. The molecular formula is C10H8Cl2N2O2S. The molecule has 0 bridgehead atoms. The molecule has 0 aliphatic carbocycles. The van der Waals surface area contributed by atoms with Crippen molar-refractivity contribution >= 4 is 35.2 Å². The van der Waals surface area contributed by atoms with Gasteiger partial charge in [-0.25, -0.2) is 0 Å². The number of aromatic nitrogens is 2. The van der Waals surface area contributed by atoms with Gasteiger partial charge in [-0.1, -0.05) is 34.4 Å². The van der Waals surface area contributed by atoms with Gasteiger partial charge < -0.3 is 8.71 Å². The molecule has 1 aromatic heterocycles. The third-order valence-corrected chi connectivity index (χ3v) is 3.52. The number of aryl methyl sites for hydroxylation is 1. The summed E-state index contributed by atoms with van der Waals surface area (Å²) in [5.41, 5.74) is 0. The van der Waals surface area contributed by atoms with Crippen molar-refractivity contribution in [1.29, 1.82) is 0 Å². The van der Waals surface area contributed by atoms with Gasteiger partial charge in [0.05, 0.1) is 14.9 Å². The van der Waals surface area contributed by atoms with Crippen LogP contribution in [0.25, 0.3) is 0 Å². The van der Waals surface area contributed by atoms with Crippen molar-refractivity contribution in [1.82, 2.24) is 10.1 Å². The molecule has 0 N–H and O–H groups in total. The van der Waals surface area contributed by atoms with Gasteiger partial charge in [-0.2, -0.15) is 4.98 Å². The summed E-state index contributed by atoms with van der Waals surface area (Å²) in [5.74, 6) is 0.988. The Balaban J connectivity index is 1.94. The zero-order valence-electron chi connectivity index (χ0n) is 8.81. The highest BCUT2D eigenvalue weighted by Gasteiger charge is 2.08.